The molecule has 0 aromatic heterocycles. The van der Waals surface area contributed by atoms with Crippen molar-refractivity contribution < 1.29 is 9.53 Å². The predicted molar refractivity (Wildman–Crippen MR) is 69.3 cm³/mol. The number of nitrogens with two attached hydrogens (primary N) is 1. The summed E-state index contributed by atoms with van der Waals surface area (Å²) in [5.74, 6) is 0.496. The number of carbonyl (C=O) groups is 1. The maximum atomic E-state index is 11.9. The summed E-state index contributed by atoms with van der Waals surface area (Å²) >= 11 is 0. The molecule has 1 rings (SSSR count). The van der Waals surface area contributed by atoms with Crippen LogP contribution >= 0.6 is 0 Å². The highest BCUT2D eigenvalue weighted by Gasteiger charge is 2.10. The van der Waals surface area contributed by atoms with E-state index in [4.69, 9.17) is 10.5 Å². The molecule has 0 atom stereocenters. The van der Waals surface area contributed by atoms with Crippen molar-refractivity contribution in [3.05, 3.63) is 23.8 Å². The standard InChI is InChI=1S/C13H20N2O2/c1-3-4-5-8-15-13(16)11-9-10(17-2)6-7-12(11)14/h6-7,9H,3-5,8,14H2,1-2H3,(H,15,16). The zero-order valence-electron chi connectivity index (χ0n) is 10.5. The van der Waals surface area contributed by atoms with Crippen LogP contribution in [0.2, 0.25) is 0 Å². The highest BCUT2D eigenvalue weighted by Crippen LogP contribution is 2.19. The number of hydrogen-bond donors (Lipinski definition) is 2. The average Bonchev–Trinajstić information content (AvgIpc) is 2.35. The minimum Gasteiger partial charge on any atom is -0.497 e. The lowest BCUT2D eigenvalue weighted by Crippen LogP contribution is -2.25. The number of ether oxygens (including phenoxy) is 1. The van der Waals surface area contributed by atoms with Crippen molar-refractivity contribution in [3.8, 4) is 5.75 Å². The Morgan fingerprint density at radius 1 is 1.41 bits per heavy atom. The molecule has 17 heavy (non-hydrogen) atoms. The van der Waals surface area contributed by atoms with Gasteiger partial charge in [-0.2, -0.15) is 0 Å². The molecule has 0 aliphatic rings. The molecular weight excluding hydrogens is 216 g/mol. The summed E-state index contributed by atoms with van der Waals surface area (Å²) in [7, 11) is 1.56. The van der Waals surface area contributed by atoms with Crippen molar-refractivity contribution in [2.45, 2.75) is 26.2 Å². The Balaban J connectivity index is 2.61. The second kappa shape index (κ2) is 6.78. The number of nitrogen functional groups attached to an aromatic ring is 1. The van der Waals surface area contributed by atoms with Gasteiger partial charge in [-0.3, -0.25) is 4.79 Å². The number of amides is 1. The third kappa shape index (κ3) is 3.98. The van der Waals surface area contributed by atoms with Crippen molar-refractivity contribution in [1.29, 1.82) is 0 Å². The quantitative estimate of drug-likeness (QED) is 0.588. The summed E-state index contributed by atoms with van der Waals surface area (Å²) in [6, 6.07) is 5.08. The summed E-state index contributed by atoms with van der Waals surface area (Å²) < 4.78 is 5.07. The number of rotatable bonds is 6. The zero-order valence-corrected chi connectivity index (χ0v) is 10.5. The Hall–Kier alpha value is -1.71. The minimum absolute atomic E-state index is 0.141. The molecule has 4 heteroatoms. The van der Waals surface area contributed by atoms with Gasteiger partial charge in [0.25, 0.3) is 5.91 Å². The Morgan fingerprint density at radius 2 is 2.18 bits per heavy atom. The predicted octanol–water partition coefficient (Wildman–Crippen LogP) is 2.20. The second-order valence-electron chi connectivity index (χ2n) is 3.92. The van der Waals surface area contributed by atoms with Gasteiger partial charge in [-0.1, -0.05) is 19.8 Å². The molecular formula is C13H20N2O2. The van der Waals surface area contributed by atoms with Gasteiger partial charge in [-0.25, -0.2) is 0 Å². The Morgan fingerprint density at radius 3 is 2.82 bits per heavy atom. The maximum absolute atomic E-state index is 11.9. The first-order valence-corrected chi connectivity index (χ1v) is 5.90. The van der Waals surface area contributed by atoms with Gasteiger partial charge in [0.2, 0.25) is 0 Å². The van der Waals surface area contributed by atoms with Crippen molar-refractivity contribution >= 4 is 11.6 Å². The van der Waals surface area contributed by atoms with Gasteiger partial charge < -0.3 is 15.8 Å². The highest BCUT2D eigenvalue weighted by atomic mass is 16.5. The van der Waals surface area contributed by atoms with Crippen LogP contribution in [0.4, 0.5) is 5.69 Å². The molecule has 0 saturated carbocycles. The first-order valence-electron chi connectivity index (χ1n) is 5.90. The van der Waals surface area contributed by atoms with Crippen molar-refractivity contribution in [3.63, 3.8) is 0 Å². The van der Waals surface area contributed by atoms with E-state index in [1.54, 1.807) is 25.3 Å². The highest BCUT2D eigenvalue weighted by molar-refractivity contribution is 5.99. The largest absolute Gasteiger partial charge is 0.497 e. The number of nitrogens with one attached hydrogen (secondary N) is 1. The fourth-order valence-electron chi connectivity index (χ4n) is 1.53. The third-order valence-electron chi connectivity index (χ3n) is 2.57. The molecule has 0 aliphatic heterocycles. The van der Waals surface area contributed by atoms with E-state index in [1.807, 2.05) is 0 Å². The first kappa shape index (κ1) is 13.4. The molecule has 0 aliphatic carbocycles. The number of methoxy groups -OCH3 is 1. The minimum atomic E-state index is -0.141. The summed E-state index contributed by atoms with van der Waals surface area (Å²) in [5, 5.41) is 2.85. The molecule has 1 aromatic carbocycles. The van der Waals surface area contributed by atoms with E-state index in [-0.39, 0.29) is 5.91 Å². The van der Waals surface area contributed by atoms with Crippen LogP contribution in [0.25, 0.3) is 0 Å². The lowest BCUT2D eigenvalue weighted by molar-refractivity contribution is 0.0953. The van der Waals surface area contributed by atoms with Crippen LogP contribution in [0.1, 0.15) is 36.5 Å². The number of benzene rings is 1. The van der Waals surface area contributed by atoms with Crippen LogP contribution in [0.15, 0.2) is 18.2 Å². The number of unbranched alkanes of at least 4 members (excludes halogenated alkanes) is 2. The molecule has 0 unspecified atom stereocenters. The average molecular weight is 236 g/mol. The summed E-state index contributed by atoms with van der Waals surface area (Å²) in [6.45, 7) is 2.81. The van der Waals surface area contributed by atoms with Gasteiger partial charge in [0.15, 0.2) is 0 Å². The van der Waals surface area contributed by atoms with Crippen LogP contribution < -0.4 is 15.8 Å². The van der Waals surface area contributed by atoms with Crippen molar-refractivity contribution in [1.82, 2.24) is 5.32 Å². The normalized spacial score (nSPS) is 10.0. The van der Waals surface area contributed by atoms with E-state index < -0.39 is 0 Å². The van der Waals surface area contributed by atoms with Gasteiger partial charge in [0, 0.05) is 12.2 Å². The van der Waals surface area contributed by atoms with E-state index in [1.165, 1.54) is 0 Å². The van der Waals surface area contributed by atoms with E-state index in [9.17, 15) is 4.79 Å². The van der Waals surface area contributed by atoms with Crippen LogP contribution in [0, 0.1) is 0 Å². The van der Waals surface area contributed by atoms with Gasteiger partial charge in [-0.05, 0) is 24.6 Å². The molecule has 0 bridgehead atoms. The van der Waals surface area contributed by atoms with Crippen LogP contribution in [-0.2, 0) is 0 Å². The molecule has 0 spiro atoms. The number of carbonyl (C=O) groups excluding carboxylic acids is 1. The van der Waals surface area contributed by atoms with Gasteiger partial charge >= 0.3 is 0 Å². The lowest BCUT2D eigenvalue weighted by atomic mass is 10.1. The summed E-state index contributed by atoms with van der Waals surface area (Å²) in [5.41, 5.74) is 6.70. The molecule has 0 saturated heterocycles. The molecule has 94 valence electrons. The Bertz CT molecular complexity index is 378. The van der Waals surface area contributed by atoms with Crippen molar-refractivity contribution in [2.75, 3.05) is 19.4 Å². The molecule has 0 heterocycles. The molecule has 4 nitrogen and oxygen atoms in total. The van der Waals surface area contributed by atoms with E-state index in [0.29, 0.717) is 23.5 Å². The first-order chi connectivity index (χ1) is 8.19. The van der Waals surface area contributed by atoms with Gasteiger partial charge in [0.1, 0.15) is 5.75 Å². The third-order valence-corrected chi connectivity index (χ3v) is 2.57. The summed E-state index contributed by atoms with van der Waals surface area (Å²) in [6.07, 6.45) is 3.25. The van der Waals surface area contributed by atoms with E-state index in [2.05, 4.69) is 12.2 Å². The smallest absolute Gasteiger partial charge is 0.253 e. The zero-order chi connectivity index (χ0) is 12.7. The number of anilines is 1. The fraction of sp³-hybridized carbons (Fsp3) is 0.462. The molecule has 0 radical (unpaired) electrons. The molecule has 1 amide bonds. The van der Waals surface area contributed by atoms with Crippen LogP contribution in [0.3, 0.4) is 0 Å². The van der Waals surface area contributed by atoms with Crippen LogP contribution in [0.5, 0.6) is 5.75 Å². The van der Waals surface area contributed by atoms with Crippen LogP contribution in [-0.4, -0.2) is 19.6 Å². The monoisotopic (exact) mass is 236 g/mol. The van der Waals surface area contributed by atoms with Gasteiger partial charge in [0.05, 0.1) is 12.7 Å². The maximum Gasteiger partial charge on any atom is 0.253 e. The second-order valence-corrected chi connectivity index (χ2v) is 3.92. The Labute approximate surface area is 102 Å². The Kier molecular flexibility index (Phi) is 5.33. The van der Waals surface area contributed by atoms with Crippen molar-refractivity contribution in [2.24, 2.45) is 0 Å². The van der Waals surface area contributed by atoms with E-state index in [0.717, 1.165) is 19.3 Å². The summed E-state index contributed by atoms with van der Waals surface area (Å²) in [4.78, 5) is 11.9. The molecule has 0 fully saturated rings. The molecule has 1 aromatic rings. The number of hydrogen-bond acceptors (Lipinski definition) is 3. The fourth-order valence-corrected chi connectivity index (χ4v) is 1.53. The van der Waals surface area contributed by atoms with Gasteiger partial charge in [-0.15, -0.1) is 0 Å². The lowest BCUT2D eigenvalue weighted by Gasteiger charge is -2.08. The molecule has 3 N–H and O–H groups in total. The SMILES string of the molecule is CCCCCNC(=O)c1cc(OC)ccc1N. The topological polar surface area (TPSA) is 64.3 Å². The van der Waals surface area contributed by atoms with E-state index >= 15 is 0 Å².